The zero-order chi connectivity index (χ0) is 15.4. The number of benzene rings is 1. The zero-order valence-corrected chi connectivity index (χ0v) is 11.0. The number of anilines is 1. The number of hydrogen-bond acceptors (Lipinski definition) is 5. The van der Waals surface area contributed by atoms with E-state index in [2.05, 4.69) is 4.98 Å². The number of ether oxygens (including phenoxy) is 1. The van der Waals surface area contributed by atoms with Crippen molar-refractivity contribution in [2.45, 2.75) is 0 Å². The average molecular weight is 289 g/mol. The molecule has 1 aromatic carbocycles. The largest absolute Gasteiger partial charge is 0.465 e. The predicted octanol–water partition coefficient (Wildman–Crippen LogP) is 2.90. The summed E-state index contributed by atoms with van der Waals surface area (Å²) in [6, 6.07) is 9.03. The molecule has 0 unspecified atom stereocenters. The fourth-order valence-corrected chi connectivity index (χ4v) is 1.53. The molecule has 21 heavy (non-hydrogen) atoms. The molecule has 0 atom stereocenters. The number of carboxylic acid groups (broad SMARTS) is 1. The van der Waals surface area contributed by atoms with Gasteiger partial charge in [-0.2, -0.15) is 0 Å². The second kappa shape index (κ2) is 5.87. The van der Waals surface area contributed by atoms with Gasteiger partial charge in [0.25, 0.3) is 0 Å². The lowest BCUT2D eigenvalue weighted by Gasteiger charge is -2.13. The highest BCUT2D eigenvalue weighted by atomic mass is 16.6. The summed E-state index contributed by atoms with van der Waals surface area (Å²) >= 11 is 0. The summed E-state index contributed by atoms with van der Waals surface area (Å²) in [6.07, 6.45) is 0.179. The summed E-state index contributed by atoms with van der Waals surface area (Å²) in [5, 5.41) is 19.3. The van der Waals surface area contributed by atoms with E-state index in [1.807, 2.05) is 0 Å². The van der Waals surface area contributed by atoms with Crippen LogP contribution in [0.5, 0.6) is 11.5 Å². The highest BCUT2D eigenvalue weighted by Gasteiger charge is 2.10. The van der Waals surface area contributed by atoms with Crippen LogP contribution in [0.1, 0.15) is 0 Å². The summed E-state index contributed by atoms with van der Waals surface area (Å²) in [4.78, 5) is 25.4. The zero-order valence-electron chi connectivity index (χ0n) is 11.0. The Kier molecular flexibility index (Phi) is 3.98. The van der Waals surface area contributed by atoms with Crippen LogP contribution in [0.3, 0.4) is 0 Å². The van der Waals surface area contributed by atoms with Gasteiger partial charge in [0.15, 0.2) is 11.9 Å². The maximum atomic E-state index is 10.8. The first kappa shape index (κ1) is 14.3. The van der Waals surface area contributed by atoms with Crippen LogP contribution < -0.4 is 9.64 Å². The number of hydrogen-bond donors (Lipinski definition) is 1. The van der Waals surface area contributed by atoms with E-state index in [0.717, 1.165) is 4.90 Å². The van der Waals surface area contributed by atoms with E-state index < -0.39 is 11.0 Å². The minimum Gasteiger partial charge on any atom is -0.465 e. The molecule has 8 heteroatoms. The van der Waals surface area contributed by atoms with Crippen LogP contribution in [-0.2, 0) is 0 Å². The molecule has 1 amide bonds. The molecule has 2 rings (SSSR count). The van der Waals surface area contributed by atoms with Crippen molar-refractivity contribution in [3.63, 3.8) is 0 Å². The average Bonchev–Trinajstić information content (AvgIpc) is 2.47. The van der Waals surface area contributed by atoms with E-state index in [1.54, 1.807) is 24.3 Å². The number of carbonyl (C=O) groups is 1. The molecule has 0 radical (unpaired) electrons. The van der Waals surface area contributed by atoms with Gasteiger partial charge in [0, 0.05) is 18.8 Å². The fourth-order valence-electron chi connectivity index (χ4n) is 1.53. The first-order valence-corrected chi connectivity index (χ1v) is 5.82. The van der Waals surface area contributed by atoms with Crippen molar-refractivity contribution in [2.75, 3.05) is 11.9 Å². The van der Waals surface area contributed by atoms with Gasteiger partial charge in [-0.25, -0.2) is 4.79 Å². The first-order valence-electron chi connectivity index (χ1n) is 5.82. The molecule has 1 N–H and O–H groups in total. The number of amides is 1. The van der Waals surface area contributed by atoms with Crippen molar-refractivity contribution in [3.05, 3.63) is 52.7 Å². The monoisotopic (exact) mass is 289 g/mol. The Hall–Kier alpha value is -3.16. The van der Waals surface area contributed by atoms with Crippen LogP contribution in [0.2, 0.25) is 0 Å². The van der Waals surface area contributed by atoms with Gasteiger partial charge in [-0.05, 0) is 40.2 Å². The molecule has 0 saturated carbocycles. The lowest BCUT2D eigenvalue weighted by Crippen LogP contribution is -2.23. The van der Waals surface area contributed by atoms with Gasteiger partial charge in [-0.3, -0.25) is 4.90 Å². The predicted molar refractivity (Wildman–Crippen MR) is 73.8 cm³/mol. The smallest absolute Gasteiger partial charge is 0.411 e. The van der Waals surface area contributed by atoms with Crippen LogP contribution >= 0.6 is 0 Å². The number of nitrogens with zero attached hydrogens (tertiary/aromatic N) is 3. The SMILES string of the molecule is CN(C(=O)O)c1ccc(Oc2ccc([N+](=O)[O-])nc2)cc1. The Balaban J connectivity index is 2.09. The summed E-state index contributed by atoms with van der Waals surface area (Å²) in [5.74, 6) is 0.550. The van der Waals surface area contributed by atoms with Crippen molar-refractivity contribution in [3.8, 4) is 11.5 Å². The molecule has 1 heterocycles. The number of aromatic nitrogens is 1. The standard InChI is InChI=1S/C13H11N3O5/c1-15(13(17)18)9-2-4-10(5-3-9)21-11-6-7-12(14-8-11)16(19)20/h2-8H,1H3,(H,17,18). The molecule has 8 nitrogen and oxygen atoms in total. The fraction of sp³-hybridized carbons (Fsp3) is 0.0769. The Bertz CT molecular complexity index is 655. The van der Waals surface area contributed by atoms with Crippen LogP contribution in [0, 0.1) is 10.1 Å². The molecular formula is C13H11N3O5. The van der Waals surface area contributed by atoms with E-state index in [1.165, 1.54) is 25.4 Å². The highest BCUT2D eigenvalue weighted by Crippen LogP contribution is 2.24. The molecular weight excluding hydrogens is 278 g/mol. The third-order valence-electron chi connectivity index (χ3n) is 2.65. The molecule has 0 aliphatic heterocycles. The van der Waals surface area contributed by atoms with Gasteiger partial charge in [0.05, 0.1) is 0 Å². The molecule has 0 saturated heterocycles. The molecule has 1 aromatic heterocycles. The normalized spacial score (nSPS) is 9.95. The molecule has 2 aromatic rings. The van der Waals surface area contributed by atoms with Gasteiger partial charge < -0.3 is 20.0 Å². The van der Waals surface area contributed by atoms with Gasteiger partial charge in [0.2, 0.25) is 0 Å². The highest BCUT2D eigenvalue weighted by molar-refractivity contribution is 5.85. The van der Waals surface area contributed by atoms with Gasteiger partial charge >= 0.3 is 11.9 Å². The van der Waals surface area contributed by atoms with Crippen LogP contribution in [0.25, 0.3) is 0 Å². The maximum Gasteiger partial charge on any atom is 0.411 e. The Morgan fingerprint density at radius 3 is 2.33 bits per heavy atom. The quantitative estimate of drug-likeness (QED) is 0.685. The van der Waals surface area contributed by atoms with Crippen LogP contribution in [0.15, 0.2) is 42.6 Å². The van der Waals surface area contributed by atoms with Crippen molar-refractivity contribution < 1.29 is 19.6 Å². The van der Waals surface area contributed by atoms with E-state index >= 15 is 0 Å². The molecule has 0 spiro atoms. The first-order chi connectivity index (χ1) is 9.97. The Morgan fingerprint density at radius 2 is 1.86 bits per heavy atom. The van der Waals surface area contributed by atoms with Crippen molar-refractivity contribution in [2.24, 2.45) is 0 Å². The van der Waals surface area contributed by atoms with Gasteiger partial charge in [0.1, 0.15) is 5.75 Å². The van der Waals surface area contributed by atoms with Crippen molar-refractivity contribution in [1.82, 2.24) is 4.98 Å². The lowest BCUT2D eigenvalue weighted by atomic mass is 10.3. The van der Waals surface area contributed by atoms with E-state index in [-0.39, 0.29) is 5.82 Å². The van der Waals surface area contributed by atoms with Crippen LogP contribution in [0.4, 0.5) is 16.3 Å². The van der Waals surface area contributed by atoms with E-state index in [4.69, 9.17) is 9.84 Å². The summed E-state index contributed by atoms with van der Waals surface area (Å²) < 4.78 is 5.46. The van der Waals surface area contributed by atoms with Crippen molar-refractivity contribution in [1.29, 1.82) is 0 Å². The summed E-state index contributed by atoms with van der Waals surface area (Å²) in [5.41, 5.74) is 0.497. The van der Waals surface area contributed by atoms with Gasteiger partial charge in [-0.15, -0.1) is 0 Å². The van der Waals surface area contributed by atoms with Crippen molar-refractivity contribution >= 4 is 17.6 Å². The molecule has 0 fully saturated rings. The van der Waals surface area contributed by atoms with Gasteiger partial charge in [-0.1, -0.05) is 0 Å². The van der Waals surface area contributed by atoms with E-state index in [0.29, 0.717) is 17.2 Å². The molecule has 0 bridgehead atoms. The number of pyridine rings is 1. The summed E-state index contributed by atoms with van der Waals surface area (Å²) in [6.45, 7) is 0. The minimum atomic E-state index is -1.07. The third-order valence-corrected chi connectivity index (χ3v) is 2.65. The maximum absolute atomic E-state index is 10.8. The topological polar surface area (TPSA) is 106 Å². The molecule has 0 aliphatic carbocycles. The molecule has 108 valence electrons. The van der Waals surface area contributed by atoms with E-state index in [9.17, 15) is 14.9 Å². The Labute approximate surface area is 119 Å². The number of rotatable bonds is 4. The minimum absolute atomic E-state index is 0.263. The summed E-state index contributed by atoms with van der Waals surface area (Å²) in [7, 11) is 1.43. The van der Waals surface area contributed by atoms with Crippen LogP contribution in [-0.4, -0.2) is 28.2 Å². The molecule has 0 aliphatic rings. The Morgan fingerprint density at radius 1 is 1.24 bits per heavy atom. The third kappa shape index (κ3) is 3.44. The second-order valence-corrected chi connectivity index (χ2v) is 4.05. The second-order valence-electron chi connectivity index (χ2n) is 4.05. The lowest BCUT2D eigenvalue weighted by molar-refractivity contribution is -0.389. The number of nitro groups is 1.